The molecule has 1 unspecified atom stereocenters. The van der Waals surface area contributed by atoms with Gasteiger partial charge in [-0.1, -0.05) is 12.1 Å². The Morgan fingerprint density at radius 1 is 1.06 bits per heavy atom. The number of imide groups is 2. The highest BCUT2D eigenvalue weighted by molar-refractivity contribution is 7.89. The number of nitrogens with two attached hydrogens (primary N) is 1. The van der Waals surface area contributed by atoms with E-state index in [0.29, 0.717) is 44.5 Å². The Morgan fingerprint density at radius 3 is 2.52 bits per heavy atom. The average Bonchev–Trinajstić information content (AvgIpc) is 2.95. The van der Waals surface area contributed by atoms with Crippen LogP contribution in [0.1, 0.15) is 58.4 Å². The highest BCUT2D eigenvalue weighted by Crippen LogP contribution is 2.30. The summed E-state index contributed by atoms with van der Waals surface area (Å²) in [6.45, 7) is 0.736. The Morgan fingerprint density at radius 2 is 1.81 bits per heavy atom. The Kier molecular flexibility index (Phi) is 7.19. The van der Waals surface area contributed by atoms with Crippen molar-refractivity contribution in [2.45, 2.75) is 44.6 Å². The molecule has 31 heavy (non-hydrogen) atoms. The van der Waals surface area contributed by atoms with Gasteiger partial charge in [0.1, 0.15) is 6.04 Å². The molecule has 0 aromatic heterocycles. The minimum atomic E-state index is -3.48. The molecule has 10 nitrogen and oxygen atoms in total. The number of hydrogen-bond acceptors (Lipinski definition) is 7. The maximum Gasteiger partial charge on any atom is 0.262 e. The summed E-state index contributed by atoms with van der Waals surface area (Å²) in [7, 11) is -3.48. The van der Waals surface area contributed by atoms with Crippen LogP contribution in [0, 0.1) is 0 Å². The summed E-state index contributed by atoms with van der Waals surface area (Å²) in [5, 5.41) is 7.11. The number of amides is 4. The number of primary sulfonamides is 1. The number of fused-ring (bicyclic) bond motifs is 1. The van der Waals surface area contributed by atoms with Crippen molar-refractivity contribution < 1.29 is 32.3 Å². The largest absolute Gasteiger partial charge is 0.381 e. The molecule has 2 heterocycles. The number of piperidine rings is 1. The molecule has 0 bridgehead atoms. The first-order valence-electron chi connectivity index (χ1n) is 10.1. The second-order valence-corrected chi connectivity index (χ2v) is 9.31. The molecule has 0 aliphatic carbocycles. The number of unbranched alkanes of at least 4 members (excludes halogenated alkanes) is 1. The van der Waals surface area contributed by atoms with Crippen molar-refractivity contribution in [2.24, 2.45) is 5.14 Å². The summed E-state index contributed by atoms with van der Waals surface area (Å²) in [5.41, 5.74) is 1.30. The Labute approximate surface area is 180 Å². The molecule has 3 rings (SSSR count). The monoisotopic (exact) mass is 451 g/mol. The van der Waals surface area contributed by atoms with E-state index in [4.69, 9.17) is 9.88 Å². The van der Waals surface area contributed by atoms with Crippen LogP contribution in [0.4, 0.5) is 0 Å². The zero-order valence-electron chi connectivity index (χ0n) is 17.0. The van der Waals surface area contributed by atoms with Crippen LogP contribution in [-0.2, 0) is 30.8 Å². The number of carbonyl (C=O) groups excluding carboxylic acids is 4. The minimum absolute atomic E-state index is 0.0773. The Balaban J connectivity index is 1.56. The molecule has 11 heteroatoms. The Hall–Kier alpha value is -2.63. The van der Waals surface area contributed by atoms with Gasteiger partial charge < -0.3 is 4.74 Å². The molecular weight excluding hydrogens is 426 g/mol. The maximum atomic E-state index is 13.0. The number of ether oxygens (including phenoxy) is 1. The number of benzene rings is 1. The fourth-order valence-electron chi connectivity index (χ4n) is 3.78. The first-order valence-corrected chi connectivity index (χ1v) is 11.8. The number of rotatable bonds is 10. The lowest BCUT2D eigenvalue weighted by atomic mass is 9.98. The van der Waals surface area contributed by atoms with Crippen molar-refractivity contribution in [1.29, 1.82) is 0 Å². The fraction of sp³-hybridized carbons (Fsp3) is 0.500. The number of carbonyl (C=O) groups is 4. The van der Waals surface area contributed by atoms with Gasteiger partial charge in [-0.2, -0.15) is 0 Å². The van der Waals surface area contributed by atoms with Crippen LogP contribution in [0.15, 0.2) is 18.2 Å². The first-order chi connectivity index (χ1) is 14.7. The third kappa shape index (κ3) is 5.54. The second kappa shape index (κ2) is 9.67. The lowest BCUT2D eigenvalue weighted by molar-refractivity contribution is -0.136. The molecule has 2 aliphatic rings. The average molecular weight is 452 g/mol. The molecule has 0 radical (unpaired) electrons. The summed E-state index contributed by atoms with van der Waals surface area (Å²) in [5.74, 6) is -2.20. The van der Waals surface area contributed by atoms with Crippen molar-refractivity contribution in [3.63, 3.8) is 0 Å². The standard InChI is InChI=1S/C20H25N3O7S/c21-31(28,29)12-4-11-30-10-2-1-5-13-6-3-7-14-17(13)20(27)23(19(14)26)15-8-9-16(24)22-18(15)25/h3,6-7,15H,1-2,4-5,8-12H2,(H2,21,28,29)(H,22,24,25). The molecule has 0 saturated carbocycles. The van der Waals surface area contributed by atoms with Crippen LogP contribution in [-0.4, -0.2) is 62.0 Å². The van der Waals surface area contributed by atoms with Gasteiger partial charge in [0.15, 0.2) is 0 Å². The zero-order chi connectivity index (χ0) is 22.6. The third-order valence-electron chi connectivity index (χ3n) is 5.26. The topological polar surface area (TPSA) is 153 Å². The van der Waals surface area contributed by atoms with Crippen molar-refractivity contribution in [3.8, 4) is 0 Å². The van der Waals surface area contributed by atoms with Crippen molar-refractivity contribution in [2.75, 3.05) is 19.0 Å². The van der Waals surface area contributed by atoms with Gasteiger partial charge in [-0.3, -0.25) is 29.4 Å². The van der Waals surface area contributed by atoms with E-state index in [1.54, 1.807) is 18.2 Å². The summed E-state index contributed by atoms with van der Waals surface area (Å²) in [4.78, 5) is 50.3. The molecule has 1 saturated heterocycles. The predicted molar refractivity (Wildman–Crippen MR) is 109 cm³/mol. The van der Waals surface area contributed by atoms with Gasteiger partial charge in [-0.05, 0) is 43.7 Å². The quantitative estimate of drug-likeness (QED) is 0.378. The first kappa shape index (κ1) is 23.0. The Bertz CT molecular complexity index is 1010. The van der Waals surface area contributed by atoms with E-state index < -0.39 is 39.7 Å². The van der Waals surface area contributed by atoms with Gasteiger partial charge in [-0.15, -0.1) is 0 Å². The van der Waals surface area contributed by atoms with Crippen LogP contribution < -0.4 is 10.5 Å². The lowest BCUT2D eigenvalue weighted by Crippen LogP contribution is -2.54. The summed E-state index contributed by atoms with van der Waals surface area (Å²) in [6, 6.07) is 4.07. The van der Waals surface area contributed by atoms with E-state index in [1.807, 2.05) is 0 Å². The van der Waals surface area contributed by atoms with Crippen molar-refractivity contribution in [3.05, 3.63) is 34.9 Å². The number of hydrogen-bond donors (Lipinski definition) is 2. The SMILES string of the molecule is NS(=O)(=O)CCCOCCCCc1cccc2c1C(=O)N(C1CCC(=O)NC1=O)C2=O. The molecule has 3 N–H and O–H groups in total. The van der Waals surface area contributed by atoms with Crippen LogP contribution in [0.2, 0.25) is 0 Å². The predicted octanol–water partition coefficient (Wildman–Crippen LogP) is 0.106. The number of nitrogens with one attached hydrogen (secondary N) is 1. The molecular formula is C20H25N3O7S. The molecule has 1 aromatic rings. The maximum absolute atomic E-state index is 13.0. The van der Waals surface area contributed by atoms with Crippen molar-refractivity contribution >= 4 is 33.7 Å². The molecule has 4 amide bonds. The molecule has 1 atom stereocenters. The highest BCUT2D eigenvalue weighted by atomic mass is 32.2. The van der Waals surface area contributed by atoms with Gasteiger partial charge in [0.05, 0.1) is 16.9 Å². The van der Waals surface area contributed by atoms with Crippen LogP contribution >= 0.6 is 0 Å². The van der Waals surface area contributed by atoms with Gasteiger partial charge >= 0.3 is 0 Å². The summed E-state index contributed by atoms with van der Waals surface area (Å²) in [6.07, 6.45) is 2.47. The second-order valence-electron chi connectivity index (χ2n) is 7.58. The number of nitrogens with zero attached hydrogens (tertiary/aromatic N) is 1. The van der Waals surface area contributed by atoms with E-state index in [-0.39, 0.29) is 24.2 Å². The van der Waals surface area contributed by atoms with Gasteiger partial charge in [-0.25, -0.2) is 13.6 Å². The van der Waals surface area contributed by atoms with Gasteiger partial charge in [0.2, 0.25) is 21.8 Å². The third-order valence-corrected chi connectivity index (χ3v) is 6.11. The molecule has 0 spiro atoms. The molecule has 168 valence electrons. The van der Waals surface area contributed by atoms with Gasteiger partial charge in [0.25, 0.3) is 11.8 Å². The highest BCUT2D eigenvalue weighted by Gasteiger charge is 2.45. The fourth-order valence-corrected chi connectivity index (χ4v) is 4.30. The molecule has 1 aromatic carbocycles. The zero-order valence-corrected chi connectivity index (χ0v) is 17.8. The van der Waals surface area contributed by atoms with Crippen LogP contribution in [0.25, 0.3) is 0 Å². The lowest BCUT2D eigenvalue weighted by Gasteiger charge is -2.27. The summed E-state index contributed by atoms with van der Waals surface area (Å²) >= 11 is 0. The smallest absolute Gasteiger partial charge is 0.262 e. The van der Waals surface area contributed by atoms with E-state index in [9.17, 15) is 27.6 Å². The van der Waals surface area contributed by atoms with E-state index in [0.717, 1.165) is 10.5 Å². The van der Waals surface area contributed by atoms with Crippen molar-refractivity contribution in [1.82, 2.24) is 10.2 Å². The van der Waals surface area contributed by atoms with E-state index in [2.05, 4.69) is 5.32 Å². The molecule has 1 fully saturated rings. The van der Waals surface area contributed by atoms with E-state index >= 15 is 0 Å². The van der Waals surface area contributed by atoms with Crippen LogP contribution in [0.3, 0.4) is 0 Å². The number of sulfonamides is 1. The summed E-state index contributed by atoms with van der Waals surface area (Å²) < 4.78 is 27.1. The van der Waals surface area contributed by atoms with E-state index in [1.165, 1.54) is 0 Å². The normalized spacial score (nSPS) is 19.0. The van der Waals surface area contributed by atoms with Crippen LogP contribution in [0.5, 0.6) is 0 Å². The minimum Gasteiger partial charge on any atom is -0.381 e. The van der Waals surface area contributed by atoms with Gasteiger partial charge in [0, 0.05) is 19.6 Å². The number of aryl methyl sites for hydroxylation is 1. The molecule has 2 aliphatic heterocycles.